The quantitative estimate of drug-likeness (QED) is 0.595. The molecular weight excluding hydrogens is 388 g/mol. The van der Waals surface area contributed by atoms with Crippen LogP contribution in [0.15, 0.2) is 39.6 Å². The molecule has 0 radical (unpaired) electrons. The summed E-state index contributed by atoms with van der Waals surface area (Å²) in [5, 5.41) is 6.77. The lowest BCUT2D eigenvalue weighted by Gasteiger charge is -2.14. The van der Waals surface area contributed by atoms with Crippen molar-refractivity contribution >= 4 is 28.6 Å². The molecule has 0 aliphatic heterocycles. The Kier molecular flexibility index (Phi) is 5.35. The van der Waals surface area contributed by atoms with Gasteiger partial charge in [0.2, 0.25) is 0 Å². The molecule has 1 atom stereocenters. The normalized spacial score (nSPS) is 14.5. The fourth-order valence-corrected chi connectivity index (χ4v) is 3.25. The summed E-state index contributed by atoms with van der Waals surface area (Å²) in [5.41, 5.74) is 0.528. The molecule has 4 rings (SSSR count). The molecule has 1 aromatic carbocycles. The van der Waals surface area contributed by atoms with Crippen molar-refractivity contribution in [2.45, 2.75) is 51.7 Å². The van der Waals surface area contributed by atoms with Gasteiger partial charge in [0.1, 0.15) is 11.6 Å². The number of benzene rings is 1. The van der Waals surface area contributed by atoms with E-state index in [-0.39, 0.29) is 30.3 Å². The highest BCUT2D eigenvalue weighted by Crippen LogP contribution is 2.34. The third-order valence-corrected chi connectivity index (χ3v) is 4.90. The highest BCUT2D eigenvalue weighted by Gasteiger charge is 2.28. The minimum Gasteiger partial charge on any atom is -0.453 e. The van der Waals surface area contributed by atoms with Gasteiger partial charge in [-0.25, -0.2) is 4.98 Å². The van der Waals surface area contributed by atoms with E-state index < -0.39 is 18.0 Å². The second-order valence-corrected chi connectivity index (χ2v) is 7.40. The van der Waals surface area contributed by atoms with Gasteiger partial charge in [-0.15, -0.1) is 0 Å². The Labute approximate surface area is 172 Å². The lowest BCUT2D eigenvalue weighted by atomic mass is 10.2. The maximum atomic E-state index is 12.9. The van der Waals surface area contributed by atoms with Crippen LogP contribution in [0.25, 0.3) is 10.9 Å². The van der Waals surface area contributed by atoms with Gasteiger partial charge in [-0.3, -0.25) is 19.0 Å². The Bertz CT molecular complexity index is 1160. The van der Waals surface area contributed by atoms with Crippen molar-refractivity contribution in [2.24, 2.45) is 0 Å². The van der Waals surface area contributed by atoms with Gasteiger partial charge in [0, 0.05) is 18.5 Å². The number of para-hydroxylation sites is 1. The topological polar surface area (TPSA) is 116 Å². The lowest BCUT2D eigenvalue weighted by molar-refractivity contribution is -0.153. The van der Waals surface area contributed by atoms with Crippen molar-refractivity contribution in [1.29, 1.82) is 0 Å². The molecule has 1 unspecified atom stereocenters. The molecule has 9 heteroatoms. The van der Waals surface area contributed by atoms with Crippen LogP contribution in [0.4, 0.5) is 5.82 Å². The summed E-state index contributed by atoms with van der Waals surface area (Å²) >= 11 is 0. The van der Waals surface area contributed by atoms with Gasteiger partial charge in [-0.2, -0.15) is 0 Å². The minimum absolute atomic E-state index is 0.0121. The van der Waals surface area contributed by atoms with Crippen LogP contribution in [0.2, 0.25) is 0 Å². The number of aryl methyl sites for hydroxylation is 2. The molecule has 156 valence electrons. The van der Waals surface area contributed by atoms with Crippen molar-refractivity contribution < 1.29 is 18.8 Å². The Hall–Kier alpha value is -3.49. The third kappa shape index (κ3) is 4.24. The van der Waals surface area contributed by atoms with Crippen molar-refractivity contribution in [3.8, 4) is 0 Å². The zero-order valence-electron chi connectivity index (χ0n) is 16.8. The van der Waals surface area contributed by atoms with Crippen LogP contribution in [0.1, 0.15) is 43.8 Å². The first-order chi connectivity index (χ1) is 14.4. The van der Waals surface area contributed by atoms with Crippen LogP contribution in [0, 0.1) is 6.92 Å². The molecule has 0 bridgehead atoms. The summed E-state index contributed by atoms with van der Waals surface area (Å²) in [6.45, 7) is 3.18. The van der Waals surface area contributed by atoms with Crippen LogP contribution < -0.4 is 10.9 Å². The number of aromatic nitrogens is 3. The molecule has 0 saturated heterocycles. The van der Waals surface area contributed by atoms with E-state index in [1.165, 1.54) is 6.92 Å². The molecule has 1 saturated carbocycles. The number of fused-ring (bicyclic) bond motifs is 1. The van der Waals surface area contributed by atoms with E-state index >= 15 is 0 Å². The smallest absolute Gasteiger partial charge is 0.307 e. The number of hydrogen-bond acceptors (Lipinski definition) is 7. The fourth-order valence-electron chi connectivity index (χ4n) is 3.25. The molecule has 2 heterocycles. The number of anilines is 1. The van der Waals surface area contributed by atoms with Crippen LogP contribution in [-0.4, -0.2) is 32.7 Å². The second kappa shape index (κ2) is 8.10. The molecule has 30 heavy (non-hydrogen) atoms. The number of hydrogen-bond donors (Lipinski definition) is 1. The number of rotatable bonds is 7. The molecule has 1 aliphatic rings. The van der Waals surface area contributed by atoms with Crippen LogP contribution in [-0.2, 0) is 20.7 Å². The molecule has 9 nitrogen and oxygen atoms in total. The lowest BCUT2D eigenvalue weighted by Crippen LogP contribution is -2.30. The van der Waals surface area contributed by atoms with Crippen molar-refractivity contribution in [2.75, 3.05) is 5.32 Å². The van der Waals surface area contributed by atoms with Gasteiger partial charge in [-0.1, -0.05) is 17.3 Å². The molecule has 3 aromatic rings. The molecular formula is C21H22N4O5. The Morgan fingerprint density at radius 2 is 2.10 bits per heavy atom. The Morgan fingerprint density at radius 1 is 1.33 bits per heavy atom. The average molecular weight is 410 g/mol. The number of amides is 1. The number of esters is 1. The monoisotopic (exact) mass is 410 g/mol. The Morgan fingerprint density at radius 3 is 2.80 bits per heavy atom. The maximum absolute atomic E-state index is 12.9. The van der Waals surface area contributed by atoms with E-state index in [1.807, 2.05) is 12.1 Å². The van der Waals surface area contributed by atoms with Crippen LogP contribution >= 0.6 is 0 Å². The number of carbonyl (C=O) groups excluding carboxylic acids is 2. The van der Waals surface area contributed by atoms with Gasteiger partial charge in [0.25, 0.3) is 11.5 Å². The first kappa shape index (κ1) is 19.8. The van der Waals surface area contributed by atoms with Gasteiger partial charge in [-0.05, 0) is 38.8 Å². The summed E-state index contributed by atoms with van der Waals surface area (Å²) in [4.78, 5) is 41.9. The molecule has 1 aliphatic carbocycles. The fraction of sp³-hybridized carbons (Fsp3) is 0.381. The zero-order chi connectivity index (χ0) is 21.3. The molecule has 1 amide bonds. The first-order valence-corrected chi connectivity index (χ1v) is 9.86. The average Bonchev–Trinajstić information content (AvgIpc) is 3.47. The molecule has 0 spiro atoms. The van der Waals surface area contributed by atoms with Gasteiger partial charge < -0.3 is 14.6 Å². The summed E-state index contributed by atoms with van der Waals surface area (Å²) in [7, 11) is 0. The summed E-state index contributed by atoms with van der Waals surface area (Å²) in [6.07, 6.45) is 1.13. The van der Waals surface area contributed by atoms with E-state index in [2.05, 4.69) is 15.5 Å². The van der Waals surface area contributed by atoms with Crippen molar-refractivity contribution in [3.05, 3.63) is 52.3 Å². The van der Waals surface area contributed by atoms with Gasteiger partial charge in [0.15, 0.2) is 11.9 Å². The minimum atomic E-state index is -0.996. The van der Waals surface area contributed by atoms with Crippen LogP contribution in [0.5, 0.6) is 0 Å². The largest absolute Gasteiger partial charge is 0.453 e. The van der Waals surface area contributed by atoms with E-state index in [9.17, 15) is 14.4 Å². The highest BCUT2D eigenvalue weighted by atomic mass is 16.5. The summed E-state index contributed by atoms with van der Waals surface area (Å²) < 4.78 is 11.8. The van der Waals surface area contributed by atoms with Gasteiger partial charge in [0.05, 0.1) is 17.3 Å². The molecule has 1 N–H and O–H groups in total. The van der Waals surface area contributed by atoms with E-state index in [4.69, 9.17) is 9.26 Å². The standard InChI is InChI=1S/C21H22N4O5/c1-12-11-17(24-30-12)23-20(27)13(2)29-19(26)10-9-18-22-16-6-4-3-5-15(16)21(28)25(18)14-7-8-14/h3-6,11,13-14H,7-10H2,1-2H3,(H,23,24,27). The van der Waals surface area contributed by atoms with E-state index in [1.54, 1.807) is 29.7 Å². The highest BCUT2D eigenvalue weighted by molar-refractivity contribution is 5.94. The predicted molar refractivity (Wildman–Crippen MR) is 108 cm³/mol. The SMILES string of the molecule is Cc1cc(NC(=O)C(C)OC(=O)CCc2nc3ccccc3c(=O)n2C2CC2)no1. The number of carbonyl (C=O) groups is 2. The second-order valence-electron chi connectivity index (χ2n) is 7.40. The first-order valence-electron chi connectivity index (χ1n) is 9.86. The van der Waals surface area contributed by atoms with Gasteiger partial charge >= 0.3 is 5.97 Å². The van der Waals surface area contributed by atoms with Crippen molar-refractivity contribution in [3.63, 3.8) is 0 Å². The summed E-state index contributed by atoms with van der Waals surface area (Å²) in [5.74, 6) is 0.330. The van der Waals surface area contributed by atoms with E-state index in [0.717, 1.165) is 12.8 Å². The number of ether oxygens (including phenoxy) is 1. The summed E-state index contributed by atoms with van der Waals surface area (Å²) in [6, 6.07) is 8.88. The van der Waals surface area contributed by atoms with Crippen LogP contribution in [0.3, 0.4) is 0 Å². The van der Waals surface area contributed by atoms with Crippen molar-refractivity contribution in [1.82, 2.24) is 14.7 Å². The molecule has 1 fully saturated rings. The van der Waals surface area contributed by atoms with E-state index in [0.29, 0.717) is 22.5 Å². The third-order valence-electron chi connectivity index (χ3n) is 4.90. The zero-order valence-corrected chi connectivity index (χ0v) is 16.8. The number of nitrogens with one attached hydrogen (secondary N) is 1. The molecule has 2 aromatic heterocycles. The predicted octanol–water partition coefficient (Wildman–Crippen LogP) is 2.53. The maximum Gasteiger partial charge on any atom is 0.307 e. The Balaban J connectivity index is 1.41. The number of nitrogens with zero attached hydrogens (tertiary/aromatic N) is 3.